The Morgan fingerprint density at radius 3 is 1.05 bits per heavy atom. The Balaban J connectivity index is 2.07. The number of amides is 1. The van der Waals surface area contributed by atoms with Gasteiger partial charge in [-0.1, -0.05) is 369 Å². The first-order valence-electron chi connectivity index (χ1n) is 38.1. The lowest BCUT2D eigenvalue weighted by Crippen LogP contribution is -2.60. The molecule has 0 aliphatic carbocycles. The first-order chi connectivity index (χ1) is 43.3. The maximum absolute atomic E-state index is 13.2. The van der Waals surface area contributed by atoms with Gasteiger partial charge in [0.25, 0.3) is 0 Å². The van der Waals surface area contributed by atoms with Crippen LogP contribution in [0.4, 0.5) is 0 Å². The summed E-state index contributed by atoms with van der Waals surface area (Å²) in [7, 11) is 0. The second-order valence-corrected chi connectivity index (χ2v) is 26.4. The second kappa shape index (κ2) is 67.5. The molecule has 7 unspecified atom stereocenters. The van der Waals surface area contributed by atoms with Crippen molar-refractivity contribution in [2.45, 2.75) is 410 Å². The van der Waals surface area contributed by atoms with E-state index < -0.39 is 49.5 Å². The predicted octanol–water partition coefficient (Wildman–Crippen LogP) is 21.5. The van der Waals surface area contributed by atoms with E-state index in [4.69, 9.17) is 9.47 Å². The summed E-state index contributed by atoms with van der Waals surface area (Å²) in [6, 6.07) is -0.722. The number of hydrogen-bond donors (Lipinski definition) is 6. The maximum Gasteiger partial charge on any atom is 0.220 e. The van der Waals surface area contributed by atoms with Crippen LogP contribution in [0.1, 0.15) is 367 Å². The fourth-order valence-corrected chi connectivity index (χ4v) is 12.2. The monoisotopic (exact) mass is 1240 g/mol. The van der Waals surface area contributed by atoms with Gasteiger partial charge in [0, 0.05) is 6.42 Å². The minimum absolute atomic E-state index is 0.136. The summed E-state index contributed by atoms with van der Waals surface area (Å²) in [6.07, 6.45) is 88.5. The number of allylic oxidation sites excluding steroid dienone is 12. The van der Waals surface area contributed by atoms with E-state index in [1.165, 1.54) is 263 Å². The fraction of sp³-hybridized carbons (Fsp3) is 0.835. The Morgan fingerprint density at radius 2 is 0.705 bits per heavy atom. The number of nitrogens with one attached hydrogen (secondary N) is 1. The lowest BCUT2D eigenvalue weighted by Gasteiger charge is -2.40. The molecule has 0 aromatic rings. The number of carbonyl (C=O) groups excluding carboxylic acids is 1. The molecule has 88 heavy (non-hydrogen) atoms. The number of aliphatic hydroxyl groups is 5. The van der Waals surface area contributed by atoms with Gasteiger partial charge in [-0.2, -0.15) is 0 Å². The smallest absolute Gasteiger partial charge is 0.220 e. The molecule has 0 radical (unpaired) electrons. The van der Waals surface area contributed by atoms with E-state index in [9.17, 15) is 30.3 Å². The van der Waals surface area contributed by atoms with E-state index in [1.807, 2.05) is 0 Å². The van der Waals surface area contributed by atoms with Crippen LogP contribution < -0.4 is 5.32 Å². The SMILES string of the molecule is CC/C=C\C/C=C\C/C=C\C/C=C\C/C=C\C/C=C\CCCCCCCCCCCCCCCCCCCCC(=O)NC(COC1OC(CO)C(O)C(O)C1O)C(O)CCCCCCCCCCCCCCCCCCCCCCCCCCCCCC. The van der Waals surface area contributed by atoms with Crippen LogP contribution in [0.2, 0.25) is 0 Å². The number of rotatable bonds is 67. The highest BCUT2D eigenvalue weighted by molar-refractivity contribution is 5.76. The van der Waals surface area contributed by atoms with Crippen LogP contribution in [0.25, 0.3) is 0 Å². The van der Waals surface area contributed by atoms with E-state index in [2.05, 4.69) is 92.1 Å². The van der Waals surface area contributed by atoms with Crippen LogP contribution in [0.5, 0.6) is 0 Å². The zero-order valence-corrected chi connectivity index (χ0v) is 57.7. The second-order valence-electron chi connectivity index (χ2n) is 26.4. The van der Waals surface area contributed by atoms with Gasteiger partial charge in [-0.05, 0) is 64.2 Å². The number of carbonyl (C=O) groups is 1. The van der Waals surface area contributed by atoms with Crippen molar-refractivity contribution in [1.29, 1.82) is 0 Å². The molecule has 1 aliphatic heterocycles. The normalized spacial score (nSPS) is 18.3. The van der Waals surface area contributed by atoms with Gasteiger partial charge < -0.3 is 40.3 Å². The van der Waals surface area contributed by atoms with Gasteiger partial charge in [-0.15, -0.1) is 0 Å². The van der Waals surface area contributed by atoms with Gasteiger partial charge in [0.2, 0.25) is 5.91 Å². The summed E-state index contributed by atoms with van der Waals surface area (Å²) >= 11 is 0. The molecule has 1 amide bonds. The molecular weight excluding hydrogens is 1090 g/mol. The van der Waals surface area contributed by atoms with Crippen LogP contribution in [0, 0.1) is 0 Å². The first kappa shape index (κ1) is 83.6. The summed E-state index contributed by atoms with van der Waals surface area (Å²) in [5, 5.41) is 55.1. The number of unbranched alkanes of at least 4 members (excludes halogenated alkanes) is 45. The molecule has 514 valence electrons. The van der Waals surface area contributed by atoms with Crippen molar-refractivity contribution in [2.75, 3.05) is 13.2 Å². The van der Waals surface area contributed by atoms with E-state index in [1.54, 1.807) is 0 Å². The lowest BCUT2D eigenvalue weighted by molar-refractivity contribution is -0.302. The highest BCUT2D eigenvalue weighted by Gasteiger charge is 2.44. The van der Waals surface area contributed by atoms with Gasteiger partial charge in [0.1, 0.15) is 24.4 Å². The van der Waals surface area contributed by atoms with E-state index >= 15 is 0 Å². The Kier molecular flexibility index (Phi) is 64.2. The van der Waals surface area contributed by atoms with Crippen LogP contribution in [-0.4, -0.2) is 87.5 Å². The van der Waals surface area contributed by atoms with Crippen molar-refractivity contribution in [3.8, 4) is 0 Å². The van der Waals surface area contributed by atoms with Crippen molar-refractivity contribution >= 4 is 5.91 Å². The molecular formula is C79H145NO8. The third-order valence-corrected chi connectivity index (χ3v) is 18.1. The topological polar surface area (TPSA) is 149 Å². The summed E-state index contributed by atoms with van der Waals surface area (Å²) in [4.78, 5) is 13.2. The third-order valence-electron chi connectivity index (χ3n) is 18.1. The highest BCUT2D eigenvalue weighted by Crippen LogP contribution is 2.24. The molecule has 1 saturated heterocycles. The van der Waals surface area contributed by atoms with Gasteiger partial charge in [0.05, 0.1) is 25.4 Å². The van der Waals surface area contributed by atoms with Crippen LogP contribution in [0.15, 0.2) is 72.9 Å². The molecule has 7 atom stereocenters. The molecule has 0 saturated carbocycles. The van der Waals surface area contributed by atoms with Gasteiger partial charge >= 0.3 is 0 Å². The molecule has 1 heterocycles. The number of ether oxygens (including phenoxy) is 2. The quantitative estimate of drug-likeness (QED) is 0.0261. The summed E-state index contributed by atoms with van der Waals surface area (Å²) in [5.74, 6) is -0.139. The molecule has 6 N–H and O–H groups in total. The van der Waals surface area contributed by atoms with Crippen molar-refractivity contribution in [3.05, 3.63) is 72.9 Å². The molecule has 1 fully saturated rings. The zero-order valence-electron chi connectivity index (χ0n) is 57.7. The molecule has 1 aliphatic rings. The molecule has 0 aromatic heterocycles. The molecule has 0 spiro atoms. The number of hydrogen-bond acceptors (Lipinski definition) is 8. The molecule has 9 heteroatoms. The van der Waals surface area contributed by atoms with E-state index in [0.717, 1.165) is 77.0 Å². The first-order valence-corrected chi connectivity index (χ1v) is 38.1. The van der Waals surface area contributed by atoms with Gasteiger partial charge in [-0.25, -0.2) is 0 Å². The standard InChI is InChI=1S/C79H145NO8/c1-3-5-7-9-11-13-15-17-19-21-23-25-27-29-31-33-34-35-36-37-38-39-40-41-43-45-47-49-51-53-55-57-59-61-63-65-67-69-75(83)80-72(71-87-79-78(86)77(85)76(84)74(70-81)88-79)73(82)68-66-64-62-60-58-56-54-52-50-48-46-44-42-32-30-28-26-24-22-20-18-16-14-12-10-8-6-4-2/h5,7,11,13,17,19,23,25,29,31,34-35,72-74,76-79,81-82,84-86H,3-4,6,8-10,12,14-16,18,20-22,24,26-28,30,32-33,36-71H2,1-2H3,(H,80,83)/b7-5-,13-11-,19-17-,25-23-,31-29-,35-34-. The Bertz CT molecular complexity index is 1620. The number of aliphatic hydroxyl groups excluding tert-OH is 5. The average Bonchev–Trinajstić information content (AvgIpc) is 3.29. The average molecular weight is 1240 g/mol. The highest BCUT2D eigenvalue weighted by atomic mass is 16.7. The zero-order chi connectivity index (χ0) is 63.5. The Labute approximate surface area is 544 Å². The minimum Gasteiger partial charge on any atom is -0.394 e. The Hall–Kier alpha value is -2.37. The summed E-state index contributed by atoms with van der Waals surface area (Å²) in [5.41, 5.74) is 0. The molecule has 0 aromatic carbocycles. The lowest BCUT2D eigenvalue weighted by atomic mass is 9.99. The summed E-state index contributed by atoms with van der Waals surface area (Å²) in [6.45, 7) is 3.77. The molecule has 1 rings (SSSR count). The third kappa shape index (κ3) is 55.3. The Morgan fingerprint density at radius 1 is 0.398 bits per heavy atom. The molecule has 0 bridgehead atoms. The van der Waals surface area contributed by atoms with Crippen LogP contribution in [-0.2, 0) is 14.3 Å². The van der Waals surface area contributed by atoms with Crippen molar-refractivity contribution in [2.24, 2.45) is 0 Å². The van der Waals surface area contributed by atoms with E-state index in [0.29, 0.717) is 12.8 Å². The van der Waals surface area contributed by atoms with Crippen molar-refractivity contribution in [3.63, 3.8) is 0 Å². The van der Waals surface area contributed by atoms with Gasteiger partial charge in [-0.3, -0.25) is 4.79 Å². The summed E-state index contributed by atoms with van der Waals surface area (Å²) < 4.78 is 11.4. The van der Waals surface area contributed by atoms with Crippen LogP contribution in [0.3, 0.4) is 0 Å². The predicted molar refractivity (Wildman–Crippen MR) is 378 cm³/mol. The van der Waals surface area contributed by atoms with Crippen molar-refractivity contribution in [1.82, 2.24) is 5.32 Å². The maximum atomic E-state index is 13.2. The van der Waals surface area contributed by atoms with Crippen molar-refractivity contribution < 1.29 is 39.8 Å². The molecule has 9 nitrogen and oxygen atoms in total. The minimum atomic E-state index is -1.56. The largest absolute Gasteiger partial charge is 0.394 e. The van der Waals surface area contributed by atoms with Gasteiger partial charge in [0.15, 0.2) is 6.29 Å². The van der Waals surface area contributed by atoms with Crippen LogP contribution >= 0.6 is 0 Å². The fourth-order valence-electron chi connectivity index (χ4n) is 12.2. The van der Waals surface area contributed by atoms with E-state index in [-0.39, 0.29) is 12.5 Å².